The highest BCUT2D eigenvalue weighted by Gasteiger charge is 2.32. The zero-order valence-electron chi connectivity index (χ0n) is 11.9. The third kappa shape index (κ3) is 1.84. The normalized spacial score (nSPS) is 18.6. The number of hydrogen-bond donors (Lipinski definition) is 1. The van der Waals surface area contributed by atoms with Gasteiger partial charge in [-0.1, -0.05) is 6.92 Å². The van der Waals surface area contributed by atoms with Crippen molar-refractivity contribution in [3.05, 3.63) is 18.3 Å². The number of nitrogens with zero attached hydrogens (tertiary/aromatic N) is 4. The number of nitrogens with two attached hydrogens (primary N) is 1. The number of anilines is 1. The van der Waals surface area contributed by atoms with Crippen LogP contribution in [-0.4, -0.2) is 19.1 Å². The van der Waals surface area contributed by atoms with E-state index in [1.54, 1.807) is 0 Å². The molecule has 2 heterocycles. The first-order valence-corrected chi connectivity index (χ1v) is 7.67. The third-order valence-corrected chi connectivity index (χ3v) is 4.27. The first-order chi connectivity index (χ1) is 9.79. The van der Waals surface area contributed by atoms with E-state index in [0.717, 1.165) is 30.2 Å². The van der Waals surface area contributed by atoms with Crippen LogP contribution in [0.15, 0.2) is 12.5 Å². The highest BCUT2D eigenvalue weighted by atomic mass is 15.2. The van der Waals surface area contributed by atoms with Crippen LogP contribution in [0.25, 0.3) is 11.4 Å². The smallest absolute Gasteiger partial charge is 0.133 e. The molecule has 2 N–H and O–H groups in total. The Labute approximate surface area is 118 Å². The van der Waals surface area contributed by atoms with Gasteiger partial charge in [0.15, 0.2) is 0 Å². The largest absolute Gasteiger partial charge is 0.383 e. The fourth-order valence-electron chi connectivity index (χ4n) is 2.92. The molecule has 2 aliphatic carbocycles. The molecule has 2 saturated carbocycles. The topological polar surface area (TPSA) is 61.7 Å². The van der Waals surface area contributed by atoms with Crippen molar-refractivity contribution in [1.82, 2.24) is 19.1 Å². The van der Waals surface area contributed by atoms with E-state index >= 15 is 0 Å². The van der Waals surface area contributed by atoms with Gasteiger partial charge >= 0.3 is 0 Å². The minimum Gasteiger partial charge on any atom is -0.383 e. The lowest BCUT2D eigenvalue weighted by molar-refractivity contribution is 0.646. The molecule has 0 radical (unpaired) electrons. The lowest BCUT2D eigenvalue weighted by atomic mass is 10.3. The lowest BCUT2D eigenvalue weighted by Gasteiger charge is -2.08. The Balaban J connectivity index is 1.80. The van der Waals surface area contributed by atoms with Crippen LogP contribution in [0.2, 0.25) is 0 Å². The summed E-state index contributed by atoms with van der Waals surface area (Å²) in [5.74, 6) is 2.62. The van der Waals surface area contributed by atoms with Crippen LogP contribution >= 0.6 is 0 Å². The molecule has 0 atom stereocenters. The molecule has 4 rings (SSSR count). The highest BCUT2D eigenvalue weighted by molar-refractivity contribution is 5.68. The molecule has 0 unspecified atom stereocenters. The summed E-state index contributed by atoms with van der Waals surface area (Å²) in [6.07, 6.45) is 9.90. The van der Waals surface area contributed by atoms with Gasteiger partial charge in [-0.15, -0.1) is 0 Å². The Morgan fingerprint density at radius 1 is 1.30 bits per heavy atom. The Bertz CT molecular complexity index is 631. The molecule has 5 heteroatoms. The summed E-state index contributed by atoms with van der Waals surface area (Å²) in [6, 6.07) is 0.604. The Kier molecular flexibility index (Phi) is 2.62. The second-order valence-electron chi connectivity index (χ2n) is 6.05. The highest BCUT2D eigenvalue weighted by Crippen LogP contribution is 2.44. The van der Waals surface area contributed by atoms with Gasteiger partial charge in [-0.3, -0.25) is 0 Å². The van der Waals surface area contributed by atoms with Crippen molar-refractivity contribution in [2.45, 2.75) is 57.5 Å². The van der Waals surface area contributed by atoms with Crippen LogP contribution in [0.1, 0.15) is 56.8 Å². The molecule has 2 aromatic rings. The zero-order valence-corrected chi connectivity index (χ0v) is 11.9. The first kappa shape index (κ1) is 12.0. The number of nitrogen functional groups attached to an aromatic ring is 1. The molecule has 0 aromatic carbocycles. The fourth-order valence-corrected chi connectivity index (χ4v) is 2.92. The van der Waals surface area contributed by atoms with Gasteiger partial charge in [0.1, 0.15) is 17.3 Å². The number of aromatic nitrogens is 4. The van der Waals surface area contributed by atoms with Gasteiger partial charge in [0, 0.05) is 18.5 Å². The number of rotatable bonds is 5. The Morgan fingerprint density at radius 3 is 2.75 bits per heavy atom. The van der Waals surface area contributed by atoms with Gasteiger partial charge in [-0.25, -0.2) is 9.97 Å². The second-order valence-corrected chi connectivity index (χ2v) is 6.05. The molecule has 2 aromatic heterocycles. The maximum absolute atomic E-state index is 6.40. The van der Waals surface area contributed by atoms with E-state index in [1.165, 1.54) is 31.5 Å². The maximum Gasteiger partial charge on any atom is 0.133 e. The third-order valence-electron chi connectivity index (χ3n) is 4.27. The van der Waals surface area contributed by atoms with Crippen molar-refractivity contribution in [3.63, 3.8) is 0 Å². The molecule has 2 aliphatic rings. The van der Waals surface area contributed by atoms with Gasteiger partial charge in [-0.05, 0) is 32.1 Å². The summed E-state index contributed by atoms with van der Waals surface area (Å²) >= 11 is 0. The minimum absolute atomic E-state index is 0.604. The average molecular weight is 271 g/mol. The van der Waals surface area contributed by atoms with E-state index in [-0.39, 0.29) is 0 Å². The summed E-state index contributed by atoms with van der Waals surface area (Å²) in [6.45, 7) is 3.15. The van der Waals surface area contributed by atoms with Crippen molar-refractivity contribution in [2.75, 3.05) is 5.73 Å². The van der Waals surface area contributed by atoms with E-state index in [0.29, 0.717) is 12.0 Å². The van der Waals surface area contributed by atoms with E-state index in [1.807, 2.05) is 12.5 Å². The van der Waals surface area contributed by atoms with E-state index in [2.05, 4.69) is 21.0 Å². The molecule has 5 nitrogen and oxygen atoms in total. The van der Waals surface area contributed by atoms with Crippen LogP contribution in [0, 0.1) is 0 Å². The predicted molar refractivity (Wildman–Crippen MR) is 78.4 cm³/mol. The van der Waals surface area contributed by atoms with Crippen molar-refractivity contribution in [3.8, 4) is 11.4 Å². The minimum atomic E-state index is 0.604. The molecule has 0 saturated heterocycles. The monoisotopic (exact) mass is 271 g/mol. The summed E-state index contributed by atoms with van der Waals surface area (Å²) in [4.78, 5) is 9.19. The van der Waals surface area contributed by atoms with Crippen LogP contribution in [0.4, 0.5) is 5.82 Å². The predicted octanol–water partition coefficient (Wildman–Crippen LogP) is 2.95. The zero-order chi connectivity index (χ0) is 13.7. The average Bonchev–Trinajstić information content (AvgIpc) is 3.37. The fraction of sp³-hybridized carbons (Fsp3) is 0.600. The Morgan fingerprint density at radius 2 is 2.10 bits per heavy atom. The summed E-state index contributed by atoms with van der Waals surface area (Å²) in [5, 5.41) is 0. The maximum atomic E-state index is 6.40. The molecule has 0 bridgehead atoms. The second kappa shape index (κ2) is 4.36. The Hall–Kier alpha value is -1.78. The van der Waals surface area contributed by atoms with Crippen molar-refractivity contribution in [2.24, 2.45) is 0 Å². The summed E-state index contributed by atoms with van der Waals surface area (Å²) in [5.41, 5.74) is 8.42. The van der Waals surface area contributed by atoms with Gasteiger partial charge < -0.3 is 14.9 Å². The van der Waals surface area contributed by atoms with Crippen molar-refractivity contribution in [1.29, 1.82) is 0 Å². The van der Waals surface area contributed by atoms with Gasteiger partial charge in [0.05, 0.1) is 18.2 Å². The molecule has 2 fully saturated rings. The number of imidazole rings is 2. The first-order valence-electron chi connectivity index (χ1n) is 7.67. The molecular formula is C15H21N5. The molecule has 0 spiro atoms. The van der Waals surface area contributed by atoms with Crippen molar-refractivity contribution < 1.29 is 0 Å². The lowest BCUT2D eigenvalue weighted by Crippen LogP contribution is -2.06. The summed E-state index contributed by atoms with van der Waals surface area (Å²) < 4.78 is 4.46. The van der Waals surface area contributed by atoms with E-state index in [9.17, 15) is 0 Å². The standard InChI is InChI=1S/C15H21N5/c1-2-7-19-14(16)13(18-15(19)10-3-4-10)12-8-17-9-20(12)11-5-6-11/h8-11H,2-7,16H2,1H3. The summed E-state index contributed by atoms with van der Waals surface area (Å²) in [7, 11) is 0. The molecule has 20 heavy (non-hydrogen) atoms. The number of hydrogen-bond acceptors (Lipinski definition) is 3. The van der Waals surface area contributed by atoms with E-state index in [4.69, 9.17) is 10.7 Å². The van der Waals surface area contributed by atoms with Crippen LogP contribution in [-0.2, 0) is 6.54 Å². The quantitative estimate of drug-likeness (QED) is 0.909. The molecule has 106 valence electrons. The molecule has 0 amide bonds. The van der Waals surface area contributed by atoms with Crippen molar-refractivity contribution >= 4 is 5.82 Å². The van der Waals surface area contributed by atoms with E-state index < -0.39 is 0 Å². The molecule has 0 aliphatic heterocycles. The SMILES string of the molecule is CCCn1c(C2CC2)nc(-c2cncn2C2CC2)c1N. The molecular weight excluding hydrogens is 250 g/mol. The van der Waals surface area contributed by atoms with Gasteiger partial charge in [0.25, 0.3) is 0 Å². The van der Waals surface area contributed by atoms with Gasteiger partial charge in [-0.2, -0.15) is 0 Å². The van der Waals surface area contributed by atoms with Crippen LogP contribution in [0.5, 0.6) is 0 Å². The van der Waals surface area contributed by atoms with Crippen LogP contribution in [0.3, 0.4) is 0 Å². The van der Waals surface area contributed by atoms with Gasteiger partial charge in [0.2, 0.25) is 0 Å². The van der Waals surface area contributed by atoms with Crippen LogP contribution < -0.4 is 5.73 Å².